The van der Waals surface area contributed by atoms with E-state index >= 15 is 0 Å². The molecular weight excluding hydrogens is 1040 g/mol. The van der Waals surface area contributed by atoms with Crippen LogP contribution in [0.1, 0.15) is 132 Å². The van der Waals surface area contributed by atoms with Crippen molar-refractivity contribution in [3.8, 4) is 0 Å². The summed E-state index contributed by atoms with van der Waals surface area (Å²) in [7, 11) is 6.46. The zero-order valence-electron chi connectivity index (χ0n) is 48.7. The molecule has 4 aliphatic heterocycles. The van der Waals surface area contributed by atoms with Gasteiger partial charge in [0.05, 0.1) is 60.4 Å². The topological polar surface area (TPSA) is 238 Å². The number of fused-ring (bicyclic) bond motifs is 1. The number of carbonyl (C=O) groups excluding carboxylic acids is 4. The molecule has 2 saturated carbocycles. The van der Waals surface area contributed by atoms with Crippen molar-refractivity contribution in [1.82, 2.24) is 0 Å². The lowest BCUT2D eigenvalue weighted by Crippen LogP contribution is -2.61. The van der Waals surface area contributed by atoms with E-state index in [1.165, 1.54) is 19.9 Å². The molecule has 7 aliphatic rings. The second-order valence-corrected chi connectivity index (χ2v) is 23.5. The maximum Gasteiger partial charge on any atom is 0.331 e. The Morgan fingerprint density at radius 1 is 0.713 bits per heavy atom. The highest BCUT2D eigenvalue weighted by Gasteiger charge is 2.66. The van der Waals surface area contributed by atoms with Crippen molar-refractivity contribution >= 4 is 29.6 Å². The predicted molar refractivity (Wildman–Crippen MR) is 286 cm³/mol. The zero-order chi connectivity index (χ0) is 57.8. The highest BCUT2D eigenvalue weighted by atomic mass is 16.8. The van der Waals surface area contributed by atoms with Crippen LogP contribution in [0.3, 0.4) is 0 Å². The number of aliphatic hydroxyl groups excluding tert-OH is 1. The molecule has 20 nitrogen and oxygen atoms in total. The Kier molecular flexibility index (Phi) is 20.7. The van der Waals surface area contributed by atoms with Crippen LogP contribution in [0, 0.1) is 16.7 Å². The smallest absolute Gasteiger partial charge is 0.331 e. The van der Waals surface area contributed by atoms with Crippen molar-refractivity contribution in [3.63, 3.8) is 0 Å². The number of benzene rings is 1. The fourth-order valence-corrected chi connectivity index (χ4v) is 13.8. The van der Waals surface area contributed by atoms with Crippen LogP contribution in [-0.4, -0.2) is 184 Å². The normalized spacial score (nSPS) is 42.4. The first-order chi connectivity index (χ1) is 38.0. The second-order valence-electron chi connectivity index (χ2n) is 23.5. The molecule has 2 N–H and O–H groups in total. The lowest BCUT2D eigenvalue weighted by molar-refractivity contribution is -0.347. The number of allylic oxidation sites excluding steroid dienone is 1. The van der Waals surface area contributed by atoms with Gasteiger partial charge in [0.2, 0.25) is 0 Å². The minimum atomic E-state index is -1.89. The summed E-state index contributed by atoms with van der Waals surface area (Å²) in [5, 5.41) is 22.9. The highest BCUT2D eigenvalue weighted by Crippen LogP contribution is 2.56. The molecule has 23 atom stereocenters. The molecule has 0 bridgehead atoms. The van der Waals surface area contributed by atoms with Crippen LogP contribution < -0.4 is 0 Å². The average Bonchev–Trinajstić information content (AvgIpc) is 3.74. The maximum atomic E-state index is 14.2. The van der Waals surface area contributed by atoms with Gasteiger partial charge >= 0.3 is 11.9 Å². The van der Waals surface area contributed by atoms with Crippen molar-refractivity contribution in [1.29, 1.82) is 0 Å². The van der Waals surface area contributed by atoms with Crippen LogP contribution in [0.4, 0.5) is 0 Å². The number of methoxy groups -OCH3 is 4. The van der Waals surface area contributed by atoms with Gasteiger partial charge in [0, 0.05) is 85.9 Å². The van der Waals surface area contributed by atoms with Crippen molar-refractivity contribution in [2.75, 3.05) is 28.4 Å². The number of rotatable bonds is 20. The standard InChI is InChI=1S/C60H88O20/c1-32-54(65)43(67-9)28-51(71-32)78-56-34(3)73-53(30-45(56)69-11)80-57-35(4)74-52(31-46(57)70-12)79-55-33(2)72-50(29-44(55)68-10)76-40-22-24-58(7)39(26-40)19-20-42(62)41(58)27-48(77-49(64)21-18-38-16-14-13-15-17-38)59(8)47(63)23-25-60(59,66)36(5)75-37(6)61/h13-19,21,32-36,40-41,43-46,48,50-57,65-66H,20,22-31H2,1-12H3/b21-18+/t32-,33+,34+,35-,36-,40-,41-,43+,44-,45-,46-,48+,50-,51-,52-,53-,54-,55+,56+,57+,58-,59+,60+/m0/s1. The molecule has 0 amide bonds. The fraction of sp³-hybridized carbons (Fsp3) is 0.767. The third kappa shape index (κ3) is 13.3. The number of aliphatic hydroxyl groups is 2. The highest BCUT2D eigenvalue weighted by molar-refractivity contribution is 5.92. The van der Waals surface area contributed by atoms with Crippen LogP contribution in [0.2, 0.25) is 0 Å². The van der Waals surface area contributed by atoms with E-state index in [9.17, 15) is 29.4 Å². The SMILES string of the molecule is CO[C@H]1C[C@H](O[C@H]2[C@@H](OC)C[C@H](O[C@H]3CC[C@@]4(C)C(=CCC(=O)[C@@H]4C[C@@H](OC(=O)/C=C/c4ccccc4)[C@@]4(C)C(=O)CC[C@@]4(O)[C@H](C)OC(C)=O)C3)O[C@@H]2C)O[C@@H](C)[C@H]1O[C@H]1C[C@H](OC)[C@H](O[C@H]2C[C@@H](OC)[C@@H](O)[C@H](C)O2)[C@@H](C)O1. The quantitative estimate of drug-likeness (QED) is 0.0832. The molecule has 448 valence electrons. The van der Waals surface area contributed by atoms with Gasteiger partial charge in [-0.1, -0.05) is 48.9 Å². The average molecular weight is 1130 g/mol. The molecule has 3 aliphatic carbocycles. The summed E-state index contributed by atoms with van der Waals surface area (Å²) in [6, 6.07) is 9.20. The Balaban J connectivity index is 0.874. The van der Waals surface area contributed by atoms with E-state index in [4.69, 9.17) is 66.3 Å². The van der Waals surface area contributed by atoms with E-state index in [0.29, 0.717) is 44.9 Å². The van der Waals surface area contributed by atoms with E-state index in [1.54, 1.807) is 48.4 Å². The Labute approximate surface area is 471 Å². The summed E-state index contributed by atoms with van der Waals surface area (Å²) < 4.78 is 87.1. The van der Waals surface area contributed by atoms with Crippen LogP contribution in [-0.2, 0) is 85.5 Å². The third-order valence-corrected chi connectivity index (χ3v) is 18.7. The van der Waals surface area contributed by atoms with Gasteiger partial charge in [0.25, 0.3) is 0 Å². The second kappa shape index (κ2) is 26.6. The molecule has 0 unspecified atom stereocenters. The number of esters is 2. The molecule has 8 rings (SSSR count). The summed E-state index contributed by atoms with van der Waals surface area (Å²) in [5.74, 6) is -2.45. The van der Waals surface area contributed by atoms with Gasteiger partial charge in [0.15, 0.2) is 25.2 Å². The maximum absolute atomic E-state index is 14.2. The Morgan fingerprint density at radius 2 is 1.21 bits per heavy atom. The van der Waals surface area contributed by atoms with Gasteiger partial charge in [-0.05, 0) is 90.7 Å². The van der Waals surface area contributed by atoms with Gasteiger partial charge < -0.3 is 76.5 Å². The van der Waals surface area contributed by atoms with Gasteiger partial charge in [-0.15, -0.1) is 0 Å². The third-order valence-electron chi connectivity index (χ3n) is 18.7. The molecule has 6 fully saturated rings. The summed E-state index contributed by atoms with van der Waals surface area (Å²) in [6.45, 7) is 13.9. The van der Waals surface area contributed by atoms with Crippen molar-refractivity contribution in [2.24, 2.45) is 16.7 Å². The molecule has 4 saturated heterocycles. The Hall–Kier alpha value is -3.58. The van der Waals surface area contributed by atoms with E-state index in [1.807, 2.05) is 64.1 Å². The van der Waals surface area contributed by atoms with Crippen LogP contribution in [0.25, 0.3) is 6.08 Å². The van der Waals surface area contributed by atoms with Gasteiger partial charge in [0.1, 0.15) is 53.8 Å². The first-order valence-electron chi connectivity index (χ1n) is 28.7. The van der Waals surface area contributed by atoms with Gasteiger partial charge in [-0.2, -0.15) is 0 Å². The summed E-state index contributed by atoms with van der Waals surface area (Å²) >= 11 is 0. The minimum absolute atomic E-state index is 0.0189. The monoisotopic (exact) mass is 1130 g/mol. The summed E-state index contributed by atoms with van der Waals surface area (Å²) in [5.41, 5.74) is -2.52. The zero-order valence-corrected chi connectivity index (χ0v) is 48.7. The number of hydrogen-bond donors (Lipinski definition) is 2. The van der Waals surface area contributed by atoms with E-state index < -0.39 is 139 Å². The Bertz CT molecular complexity index is 2330. The number of hydrogen-bond acceptors (Lipinski definition) is 20. The molecule has 1 aromatic rings. The predicted octanol–water partition coefficient (Wildman–Crippen LogP) is 6.26. The molecule has 4 heterocycles. The lowest BCUT2D eigenvalue weighted by Gasteiger charge is -2.51. The first-order valence-corrected chi connectivity index (χ1v) is 28.7. The Morgan fingerprint density at radius 3 is 1.73 bits per heavy atom. The molecule has 80 heavy (non-hydrogen) atoms. The summed E-state index contributed by atoms with van der Waals surface area (Å²) in [6.07, 6.45) is -2.94. The van der Waals surface area contributed by atoms with Gasteiger partial charge in [-0.3, -0.25) is 14.4 Å². The summed E-state index contributed by atoms with van der Waals surface area (Å²) in [4.78, 5) is 54.3. The molecule has 20 heteroatoms. The lowest BCUT2D eigenvalue weighted by atomic mass is 9.56. The van der Waals surface area contributed by atoms with E-state index in [0.717, 1.165) is 11.1 Å². The first kappa shape index (κ1) is 62.5. The van der Waals surface area contributed by atoms with Crippen molar-refractivity contribution in [3.05, 3.63) is 53.6 Å². The molecule has 0 aromatic heterocycles. The minimum Gasteiger partial charge on any atom is -0.460 e. The molecule has 1 aromatic carbocycles. The molecule has 0 radical (unpaired) electrons. The van der Waals surface area contributed by atoms with Crippen molar-refractivity contribution < 1.29 is 95.7 Å². The van der Waals surface area contributed by atoms with Crippen LogP contribution in [0.15, 0.2) is 48.1 Å². The van der Waals surface area contributed by atoms with E-state index in [2.05, 4.69) is 0 Å². The number of ether oxygens (including phenoxy) is 14. The number of Topliss-reactive ketones (excluding diaryl/α,β-unsaturated/α-hetero) is 2. The molecule has 0 spiro atoms. The number of ketones is 2. The van der Waals surface area contributed by atoms with Crippen LogP contribution >= 0.6 is 0 Å². The largest absolute Gasteiger partial charge is 0.460 e. The number of carbonyl (C=O) groups is 4. The van der Waals surface area contributed by atoms with E-state index in [-0.39, 0.29) is 49.5 Å². The molecular formula is C60H88O20. The van der Waals surface area contributed by atoms with Crippen molar-refractivity contribution in [2.45, 2.75) is 248 Å². The van der Waals surface area contributed by atoms with Gasteiger partial charge in [-0.25, -0.2) is 4.79 Å². The fourth-order valence-electron chi connectivity index (χ4n) is 13.8. The van der Waals surface area contributed by atoms with Crippen LogP contribution in [0.5, 0.6) is 0 Å².